The Kier molecular flexibility index (Phi) is 6.20. The molecule has 0 unspecified atom stereocenters. The van der Waals surface area contributed by atoms with E-state index in [9.17, 15) is 18.0 Å². The minimum Gasteiger partial charge on any atom is -0.336 e. The lowest BCUT2D eigenvalue weighted by atomic mass is 10.1. The van der Waals surface area contributed by atoms with Crippen molar-refractivity contribution in [3.8, 4) is 0 Å². The Morgan fingerprint density at radius 1 is 0.867 bits per heavy atom. The molecule has 1 N–H and O–H groups in total. The molecule has 0 saturated heterocycles. The second kappa shape index (κ2) is 8.82. The van der Waals surface area contributed by atoms with Crippen LogP contribution in [0.2, 0.25) is 0 Å². The van der Waals surface area contributed by atoms with Crippen molar-refractivity contribution in [3.05, 3.63) is 101 Å². The van der Waals surface area contributed by atoms with Gasteiger partial charge in [0.2, 0.25) is 0 Å². The van der Waals surface area contributed by atoms with Gasteiger partial charge in [-0.05, 0) is 61.4 Å². The fourth-order valence-corrected chi connectivity index (χ4v) is 2.84. The second-order valence-electron chi connectivity index (χ2n) is 6.74. The van der Waals surface area contributed by atoms with Gasteiger partial charge in [0.25, 0.3) is 0 Å². The molecule has 0 heterocycles. The van der Waals surface area contributed by atoms with Crippen LogP contribution in [0, 0.1) is 13.8 Å². The number of hydrogen-bond acceptors (Lipinski definition) is 3. The number of amidine groups is 1. The zero-order chi connectivity index (χ0) is 21.7. The highest BCUT2D eigenvalue weighted by molar-refractivity contribution is 6.01. The molecule has 0 spiro atoms. The van der Waals surface area contributed by atoms with Gasteiger partial charge in [-0.2, -0.15) is 18.7 Å². The minimum absolute atomic E-state index is 0.0192. The molecule has 0 radical (unpaired) electrons. The lowest BCUT2D eigenvalue weighted by Crippen LogP contribution is -2.28. The van der Waals surface area contributed by atoms with Gasteiger partial charge in [0.05, 0.1) is 16.8 Å². The van der Waals surface area contributed by atoms with Crippen molar-refractivity contribution in [1.29, 1.82) is 0 Å². The summed E-state index contributed by atoms with van der Waals surface area (Å²) in [4.78, 5) is 21.9. The maximum atomic E-state index is 12.7. The molecule has 0 aliphatic heterocycles. The molecule has 3 aromatic carbocycles. The molecular formula is C23H19F3N2O2. The monoisotopic (exact) mass is 412 g/mol. The van der Waals surface area contributed by atoms with E-state index in [0.29, 0.717) is 17.1 Å². The van der Waals surface area contributed by atoms with Crippen molar-refractivity contribution in [2.45, 2.75) is 20.0 Å². The number of nitrogens with zero attached hydrogens (tertiary/aromatic N) is 1. The third-order valence-electron chi connectivity index (χ3n) is 4.18. The van der Waals surface area contributed by atoms with Crippen LogP contribution in [0.15, 0.2) is 77.8 Å². The first-order valence-electron chi connectivity index (χ1n) is 9.09. The predicted octanol–water partition coefficient (Wildman–Crippen LogP) is 5.76. The Hall–Kier alpha value is -3.61. The van der Waals surface area contributed by atoms with E-state index < -0.39 is 17.7 Å². The Balaban J connectivity index is 1.82. The average molecular weight is 412 g/mol. The van der Waals surface area contributed by atoms with Gasteiger partial charge in [0.15, 0.2) is 5.84 Å². The molecule has 7 heteroatoms. The summed E-state index contributed by atoms with van der Waals surface area (Å²) in [6.45, 7) is 3.90. The van der Waals surface area contributed by atoms with E-state index in [1.807, 2.05) is 50.2 Å². The summed E-state index contributed by atoms with van der Waals surface area (Å²) >= 11 is 0. The molecule has 0 aromatic heterocycles. The number of aryl methyl sites for hydroxylation is 2. The van der Waals surface area contributed by atoms with E-state index >= 15 is 0 Å². The molecule has 0 fully saturated rings. The van der Waals surface area contributed by atoms with Gasteiger partial charge in [-0.15, -0.1) is 0 Å². The van der Waals surface area contributed by atoms with Crippen LogP contribution in [0.4, 0.5) is 18.9 Å². The van der Waals surface area contributed by atoms with E-state index in [1.54, 1.807) is 12.1 Å². The van der Waals surface area contributed by atoms with Crippen LogP contribution < -0.4 is 5.48 Å². The van der Waals surface area contributed by atoms with E-state index in [2.05, 4.69) is 10.5 Å². The maximum Gasteiger partial charge on any atom is 0.416 e. The number of aliphatic imine (C=N–C) groups is 1. The van der Waals surface area contributed by atoms with Crippen molar-refractivity contribution >= 4 is 17.5 Å². The Bertz CT molecular complexity index is 1040. The molecule has 4 nitrogen and oxygen atoms in total. The van der Waals surface area contributed by atoms with Gasteiger partial charge in [0, 0.05) is 5.56 Å². The fourth-order valence-electron chi connectivity index (χ4n) is 2.84. The summed E-state index contributed by atoms with van der Waals surface area (Å²) in [5.74, 6) is -0.534. The highest BCUT2D eigenvalue weighted by Gasteiger charge is 2.30. The first kappa shape index (κ1) is 21.1. The van der Waals surface area contributed by atoms with Crippen LogP contribution in [0.25, 0.3) is 0 Å². The number of carbonyl (C=O) groups excluding carboxylic acids is 1. The SMILES string of the molecule is Cc1cc(C)cc(N=C(NOC(=O)c2ccc(C(F)(F)F)cc2)c2ccccc2)c1. The molecule has 0 bridgehead atoms. The van der Waals surface area contributed by atoms with Crippen LogP contribution in [0.5, 0.6) is 0 Å². The van der Waals surface area contributed by atoms with Crippen molar-refractivity contribution in [2.75, 3.05) is 0 Å². The summed E-state index contributed by atoms with van der Waals surface area (Å²) < 4.78 is 38.0. The number of hydroxylamine groups is 1. The predicted molar refractivity (Wildman–Crippen MR) is 109 cm³/mol. The topological polar surface area (TPSA) is 50.7 Å². The maximum absolute atomic E-state index is 12.7. The summed E-state index contributed by atoms with van der Waals surface area (Å²) in [6, 6.07) is 18.6. The second-order valence-corrected chi connectivity index (χ2v) is 6.74. The molecular weight excluding hydrogens is 393 g/mol. The summed E-state index contributed by atoms with van der Waals surface area (Å²) in [7, 11) is 0. The van der Waals surface area contributed by atoms with E-state index in [0.717, 1.165) is 35.4 Å². The fraction of sp³-hybridized carbons (Fsp3) is 0.130. The Labute approximate surface area is 172 Å². The van der Waals surface area contributed by atoms with Gasteiger partial charge in [-0.3, -0.25) is 0 Å². The molecule has 0 amide bonds. The zero-order valence-corrected chi connectivity index (χ0v) is 16.3. The van der Waals surface area contributed by atoms with Crippen molar-refractivity contribution in [2.24, 2.45) is 4.99 Å². The highest BCUT2D eigenvalue weighted by atomic mass is 19.4. The normalized spacial score (nSPS) is 11.8. The quantitative estimate of drug-likeness (QED) is 0.338. The van der Waals surface area contributed by atoms with Crippen LogP contribution >= 0.6 is 0 Å². The number of nitrogens with one attached hydrogen (secondary N) is 1. The molecule has 0 atom stereocenters. The number of rotatable bonds is 3. The molecule has 154 valence electrons. The number of hydrogen-bond donors (Lipinski definition) is 1. The van der Waals surface area contributed by atoms with Crippen LogP contribution in [0.1, 0.15) is 32.6 Å². The number of alkyl halides is 3. The zero-order valence-electron chi connectivity index (χ0n) is 16.3. The first-order chi connectivity index (χ1) is 14.2. The van der Waals surface area contributed by atoms with Gasteiger partial charge >= 0.3 is 12.1 Å². The largest absolute Gasteiger partial charge is 0.416 e. The van der Waals surface area contributed by atoms with Gasteiger partial charge in [-0.25, -0.2) is 9.79 Å². The third kappa shape index (κ3) is 5.47. The molecule has 0 aliphatic carbocycles. The number of benzene rings is 3. The lowest BCUT2D eigenvalue weighted by Gasteiger charge is -2.11. The molecule has 3 rings (SSSR count). The van der Waals surface area contributed by atoms with E-state index in [-0.39, 0.29) is 5.56 Å². The first-order valence-corrected chi connectivity index (χ1v) is 9.09. The molecule has 0 saturated carbocycles. The lowest BCUT2D eigenvalue weighted by molar-refractivity contribution is -0.137. The minimum atomic E-state index is -4.47. The summed E-state index contributed by atoms with van der Waals surface area (Å²) in [5.41, 5.74) is 5.10. The highest BCUT2D eigenvalue weighted by Crippen LogP contribution is 2.29. The number of carbonyl (C=O) groups is 1. The summed E-state index contributed by atoms with van der Waals surface area (Å²) in [6.07, 6.45) is -4.47. The number of halogens is 3. The Morgan fingerprint density at radius 3 is 2.03 bits per heavy atom. The third-order valence-corrected chi connectivity index (χ3v) is 4.18. The van der Waals surface area contributed by atoms with E-state index in [4.69, 9.17) is 4.84 Å². The van der Waals surface area contributed by atoms with Crippen molar-refractivity contribution in [1.82, 2.24) is 5.48 Å². The van der Waals surface area contributed by atoms with Gasteiger partial charge in [-0.1, -0.05) is 36.4 Å². The van der Waals surface area contributed by atoms with Crippen LogP contribution in [0.3, 0.4) is 0 Å². The van der Waals surface area contributed by atoms with Crippen LogP contribution in [-0.2, 0) is 11.0 Å². The molecule has 30 heavy (non-hydrogen) atoms. The van der Waals surface area contributed by atoms with Crippen LogP contribution in [-0.4, -0.2) is 11.8 Å². The standard InChI is InChI=1S/C23H19F3N2O2/c1-15-12-16(2)14-20(13-15)27-21(17-6-4-3-5-7-17)28-30-22(29)18-8-10-19(11-9-18)23(24,25)26/h3-14H,1-2H3,(H,27,28). The summed E-state index contributed by atoms with van der Waals surface area (Å²) in [5, 5.41) is 0. The smallest absolute Gasteiger partial charge is 0.336 e. The van der Waals surface area contributed by atoms with Crippen molar-refractivity contribution in [3.63, 3.8) is 0 Å². The molecule has 0 aliphatic rings. The molecule has 3 aromatic rings. The van der Waals surface area contributed by atoms with Gasteiger partial charge in [0.1, 0.15) is 0 Å². The van der Waals surface area contributed by atoms with Gasteiger partial charge < -0.3 is 4.84 Å². The Morgan fingerprint density at radius 2 is 1.47 bits per heavy atom. The van der Waals surface area contributed by atoms with E-state index in [1.165, 1.54) is 0 Å². The average Bonchev–Trinajstić information content (AvgIpc) is 2.70. The van der Waals surface area contributed by atoms with Crippen molar-refractivity contribution < 1.29 is 22.8 Å².